The lowest BCUT2D eigenvalue weighted by Crippen LogP contribution is -2.29. The fraction of sp³-hybridized carbons (Fsp3) is 0.0667. The van der Waals surface area contributed by atoms with Crippen molar-refractivity contribution in [2.75, 3.05) is 0 Å². The first-order valence-electron chi connectivity index (χ1n) is 11.8. The van der Waals surface area contributed by atoms with Crippen LogP contribution in [0.3, 0.4) is 0 Å². The molecule has 2 heterocycles. The Kier molecular flexibility index (Phi) is 5.38. The molecule has 180 valence electrons. The summed E-state index contributed by atoms with van der Waals surface area (Å²) in [7, 11) is 0. The van der Waals surface area contributed by atoms with Gasteiger partial charge in [0, 0.05) is 0 Å². The number of carbonyl (C=O) groups is 4. The molecule has 0 radical (unpaired) electrons. The van der Waals surface area contributed by atoms with Gasteiger partial charge in [-0.2, -0.15) is 0 Å². The van der Waals surface area contributed by atoms with Gasteiger partial charge in [-0.25, -0.2) is 0 Å². The van der Waals surface area contributed by atoms with Gasteiger partial charge in [-0.05, 0) is 59.7 Å². The van der Waals surface area contributed by atoms with Crippen LogP contribution in [-0.4, -0.2) is 33.4 Å². The SMILES string of the molecule is O=C1c2ccccc2C(=O)N1Cc1ccc(Oc2ccc(CN3C(=O)c4ccccc4C3=O)cc2)cc1. The standard InChI is InChI=1S/C30H20N2O5/c33-27-23-5-1-2-6-24(23)28(34)31(27)17-19-9-13-21(14-10-19)37-22-15-11-20(12-16-22)18-32-29(35)25-7-3-4-8-26(25)30(32)36/h1-16H,17-18H2. The number of imide groups is 2. The highest BCUT2D eigenvalue weighted by molar-refractivity contribution is 6.22. The molecule has 0 saturated carbocycles. The van der Waals surface area contributed by atoms with Crippen LogP contribution in [0.1, 0.15) is 52.6 Å². The predicted octanol–water partition coefficient (Wildman–Crippen LogP) is 5.07. The number of fused-ring (bicyclic) bond motifs is 2. The van der Waals surface area contributed by atoms with Gasteiger partial charge in [-0.3, -0.25) is 29.0 Å². The van der Waals surface area contributed by atoms with E-state index in [2.05, 4.69) is 0 Å². The van der Waals surface area contributed by atoms with E-state index in [1.807, 2.05) is 24.3 Å². The topological polar surface area (TPSA) is 84.0 Å². The van der Waals surface area contributed by atoms with Crippen molar-refractivity contribution in [3.8, 4) is 11.5 Å². The second kappa shape index (κ2) is 8.87. The number of hydrogen-bond donors (Lipinski definition) is 0. The summed E-state index contributed by atoms with van der Waals surface area (Å²) >= 11 is 0. The van der Waals surface area contributed by atoms with Gasteiger partial charge >= 0.3 is 0 Å². The molecule has 4 aromatic rings. The van der Waals surface area contributed by atoms with Gasteiger partial charge in [0.1, 0.15) is 11.5 Å². The Balaban J connectivity index is 1.09. The van der Waals surface area contributed by atoms with E-state index in [0.29, 0.717) is 33.8 Å². The lowest BCUT2D eigenvalue weighted by atomic mass is 10.1. The van der Waals surface area contributed by atoms with Crippen LogP contribution < -0.4 is 4.74 Å². The highest BCUT2D eigenvalue weighted by atomic mass is 16.5. The van der Waals surface area contributed by atoms with Crippen molar-refractivity contribution in [1.29, 1.82) is 0 Å². The number of nitrogens with zero attached hydrogens (tertiary/aromatic N) is 2. The maximum Gasteiger partial charge on any atom is 0.261 e. The fourth-order valence-electron chi connectivity index (χ4n) is 4.59. The van der Waals surface area contributed by atoms with Crippen molar-refractivity contribution in [1.82, 2.24) is 9.80 Å². The smallest absolute Gasteiger partial charge is 0.261 e. The van der Waals surface area contributed by atoms with E-state index in [1.165, 1.54) is 9.80 Å². The van der Waals surface area contributed by atoms with E-state index in [-0.39, 0.29) is 36.7 Å². The van der Waals surface area contributed by atoms with E-state index in [1.54, 1.807) is 72.8 Å². The molecule has 2 aliphatic heterocycles. The summed E-state index contributed by atoms with van der Waals surface area (Å²) in [4.78, 5) is 52.8. The minimum absolute atomic E-state index is 0.180. The van der Waals surface area contributed by atoms with Crippen LogP contribution in [-0.2, 0) is 13.1 Å². The third-order valence-corrected chi connectivity index (χ3v) is 6.52. The average Bonchev–Trinajstić information content (AvgIpc) is 3.31. The molecule has 6 rings (SSSR count). The van der Waals surface area contributed by atoms with Gasteiger partial charge in [0.05, 0.1) is 35.3 Å². The molecule has 0 N–H and O–H groups in total. The summed E-state index contributed by atoms with van der Waals surface area (Å²) in [5.74, 6) is 0.0346. The molecule has 4 aromatic carbocycles. The number of carbonyl (C=O) groups excluding carboxylic acids is 4. The van der Waals surface area contributed by atoms with Gasteiger partial charge in [0.25, 0.3) is 23.6 Å². The highest BCUT2D eigenvalue weighted by Crippen LogP contribution is 2.28. The first-order valence-corrected chi connectivity index (χ1v) is 11.8. The Morgan fingerprint density at radius 3 is 1.03 bits per heavy atom. The van der Waals surface area contributed by atoms with E-state index in [9.17, 15) is 19.2 Å². The summed E-state index contributed by atoms with van der Waals surface area (Å²) in [6.07, 6.45) is 0. The molecule has 0 aliphatic carbocycles. The summed E-state index contributed by atoms with van der Waals surface area (Å²) in [5, 5.41) is 0. The Hall–Kier alpha value is -5.04. The summed E-state index contributed by atoms with van der Waals surface area (Å²) in [6.45, 7) is 0.359. The third-order valence-electron chi connectivity index (χ3n) is 6.52. The molecule has 7 nitrogen and oxygen atoms in total. The molecule has 0 spiro atoms. The first kappa shape index (κ1) is 22.4. The van der Waals surface area contributed by atoms with Gasteiger partial charge in [-0.1, -0.05) is 48.5 Å². The second-order valence-electron chi connectivity index (χ2n) is 8.87. The molecule has 0 bridgehead atoms. The summed E-state index contributed by atoms with van der Waals surface area (Å²) in [5.41, 5.74) is 3.33. The van der Waals surface area contributed by atoms with E-state index < -0.39 is 0 Å². The molecule has 0 atom stereocenters. The Bertz CT molecular complexity index is 1390. The molecule has 0 saturated heterocycles. The van der Waals surface area contributed by atoms with Crippen molar-refractivity contribution in [2.24, 2.45) is 0 Å². The van der Waals surface area contributed by atoms with E-state index >= 15 is 0 Å². The Labute approximate surface area is 212 Å². The Morgan fingerprint density at radius 1 is 0.432 bits per heavy atom. The van der Waals surface area contributed by atoms with Gasteiger partial charge in [0.2, 0.25) is 0 Å². The van der Waals surface area contributed by atoms with Crippen LogP contribution in [0.4, 0.5) is 0 Å². The lowest BCUT2D eigenvalue weighted by Gasteiger charge is -2.15. The molecular weight excluding hydrogens is 468 g/mol. The first-order chi connectivity index (χ1) is 18.0. The zero-order chi connectivity index (χ0) is 25.5. The summed E-state index contributed by atoms with van der Waals surface area (Å²) < 4.78 is 5.92. The molecule has 0 fully saturated rings. The van der Waals surface area contributed by atoms with Crippen LogP contribution in [0.2, 0.25) is 0 Å². The third kappa shape index (κ3) is 3.96. The van der Waals surface area contributed by atoms with Crippen molar-refractivity contribution in [3.63, 3.8) is 0 Å². The molecule has 0 unspecified atom stereocenters. The van der Waals surface area contributed by atoms with Crippen LogP contribution in [0.15, 0.2) is 97.1 Å². The molecule has 37 heavy (non-hydrogen) atoms. The number of rotatable bonds is 6. The second-order valence-corrected chi connectivity index (χ2v) is 8.87. The zero-order valence-electron chi connectivity index (χ0n) is 19.6. The maximum atomic E-state index is 12.6. The molecule has 4 amide bonds. The highest BCUT2D eigenvalue weighted by Gasteiger charge is 2.36. The van der Waals surface area contributed by atoms with Crippen molar-refractivity contribution >= 4 is 23.6 Å². The molecule has 2 aliphatic rings. The van der Waals surface area contributed by atoms with Gasteiger partial charge in [-0.15, -0.1) is 0 Å². The van der Waals surface area contributed by atoms with Crippen LogP contribution >= 0.6 is 0 Å². The van der Waals surface area contributed by atoms with Crippen LogP contribution in [0, 0.1) is 0 Å². The van der Waals surface area contributed by atoms with Crippen molar-refractivity contribution in [3.05, 3.63) is 130 Å². The number of benzene rings is 4. The lowest BCUT2D eigenvalue weighted by molar-refractivity contribution is 0.0627. The minimum Gasteiger partial charge on any atom is -0.457 e. The minimum atomic E-state index is -0.290. The van der Waals surface area contributed by atoms with E-state index in [0.717, 1.165) is 11.1 Å². The van der Waals surface area contributed by atoms with Crippen molar-refractivity contribution in [2.45, 2.75) is 13.1 Å². The fourth-order valence-corrected chi connectivity index (χ4v) is 4.59. The molecular formula is C30H20N2O5. The quantitative estimate of drug-likeness (QED) is 0.354. The van der Waals surface area contributed by atoms with Gasteiger partial charge < -0.3 is 4.74 Å². The normalized spacial score (nSPS) is 14.3. The monoisotopic (exact) mass is 488 g/mol. The number of amides is 4. The molecule has 0 aromatic heterocycles. The predicted molar refractivity (Wildman–Crippen MR) is 134 cm³/mol. The zero-order valence-corrected chi connectivity index (χ0v) is 19.6. The average molecular weight is 488 g/mol. The van der Waals surface area contributed by atoms with Crippen LogP contribution in [0.25, 0.3) is 0 Å². The van der Waals surface area contributed by atoms with Gasteiger partial charge in [0.15, 0.2) is 0 Å². The largest absolute Gasteiger partial charge is 0.457 e. The summed E-state index contributed by atoms with van der Waals surface area (Å²) in [6, 6.07) is 28.0. The van der Waals surface area contributed by atoms with E-state index in [4.69, 9.17) is 4.74 Å². The Morgan fingerprint density at radius 2 is 0.730 bits per heavy atom. The molecule has 7 heteroatoms. The van der Waals surface area contributed by atoms with Crippen molar-refractivity contribution < 1.29 is 23.9 Å². The number of hydrogen-bond acceptors (Lipinski definition) is 5. The number of ether oxygens (including phenoxy) is 1. The maximum absolute atomic E-state index is 12.6. The van der Waals surface area contributed by atoms with Crippen LogP contribution in [0.5, 0.6) is 11.5 Å².